The van der Waals surface area contributed by atoms with Crippen LogP contribution in [0.1, 0.15) is 24.8 Å². The van der Waals surface area contributed by atoms with Gasteiger partial charge in [0.1, 0.15) is 24.7 Å². The smallest absolute Gasteiger partial charge is 0.419 e. The van der Waals surface area contributed by atoms with Crippen LogP contribution in [0.4, 0.5) is 0 Å². The van der Waals surface area contributed by atoms with Crippen molar-refractivity contribution in [1.29, 1.82) is 0 Å². The summed E-state index contributed by atoms with van der Waals surface area (Å²) in [6.07, 6.45) is 4.87. The van der Waals surface area contributed by atoms with Crippen molar-refractivity contribution < 1.29 is 23.3 Å². The zero-order chi connectivity index (χ0) is 21.4. The molecular formula is C22H25BN3O5+. The molecule has 0 saturated carbocycles. The van der Waals surface area contributed by atoms with Gasteiger partial charge in [-0.25, -0.2) is 4.79 Å². The predicted octanol–water partition coefficient (Wildman–Crippen LogP) is 1.72. The topological polar surface area (TPSA) is 70.2 Å². The Hall–Kier alpha value is -2.94. The minimum atomic E-state index is -0.192. The molecule has 160 valence electrons. The molecule has 0 unspecified atom stereocenters. The van der Waals surface area contributed by atoms with Crippen LogP contribution in [0.3, 0.4) is 0 Å². The summed E-state index contributed by atoms with van der Waals surface area (Å²) in [7, 11) is 7.08. The fourth-order valence-electron chi connectivity index (χ4n) is 4.62. The standard InChI is InChI=1S/C22H25BN3O5/c1-28-17-4-2-16(3-5-17)14-29-20-13-25-18(12-19(20)30-23)21(27)26(31-25)15-22-6-9-24(10-7-22)11-8-22/h2-5,12-13H,6-11,14-15H2,1H3/q+1. The van der Waals surface area contributed by atoms with Crippen LogP contribution < -0.4 is 24.3 Å². The lowest BCUT2D eigenvalue weighted by molar-refractivity contribution is -0.735. The zero-order valence-electron chi connectivity index (χ0n) is 17.6. The largest absolute Gasteiger partial charge is 0.565 e. The van der Waals surface area contributed by atoms with Gasteiger partial charge in [-0.3, -0.25) is 0 Å². The van der Waals surface area contributed by atoms with Gasteiger partial charge in [-0.1, -0.05) is 12.1 Å². The van der Waals surface area contributed by atoms with Gasteiger partial charge in [0.15, 0.2) is 6.20 Å². The highest BCUT2D eigenvalue weighted by Gasteiger charge is 2.43. The molecule has 3 aliphatic rings. The Balaban J connectivity index is 1.40. The maximum atomic E-state index is 13.0. The number of hydrogen-bond donors (Lipinski definition) is 0. The first-order valence-corrected chi connectivity index (χ1v) is 10.5. The molecule has 3 saturated heterocycles. The van der Waals surface area contributed by atoms with Crippen molar-refractivity contribution >= 4 is 13.6 Å². The van der Waals surface area contributed by atoms with E-state index in [1.165, 1.54) is 9.31 Å². The molecule has 0 aliphatic carbocycles. The molecule has 31 heavy (non-hydrogen) atoms. The molecule has 0 N–H and O–H groups in total. The van der Waals surface area contributed by atoms with Gasteiger partial charge in [-0.2, -0.15) is 0 Å². The second-order valence-corrected chi connectivity index (χ2v) is 8.48. The fourth-order valence-corrected chi connectivity index (χ4v) is 4.62. The van der Waals surface area contributed by atoms with Gasteiger partial charge < -0.3 is 19.0 Å². The maximum absolute atomic E-state index is 13.0. The highest BCUT2D eigenvalue weighted by molar-refractivity contribution is 6.00. The predicted molar refractivity (Wildman–Crippen MR) is 113 cm³/mol. The number of benzene rings is 1. The van der Waals surface area contributed by atoms with Crippen LogP contribution in [0.2, 0.25) is 0 Å². The second kappa shape index (κ2) is 7.96. The molecule has 2 bridgehead atoms. The Morgan fingerprint density at radius 3 is 2.48 bits per heavy atom. The van der Waals surface area contributed by atoms with E-state index in [0.717, 1.165) is 50.2 Å². The molecule has 9 heteroatoms. The number of aromatic nitrogens is 2. The Morgan fingerprint density at radius 2 is 1.84 bits per heavy atom. The summed E-state index contributed by atoms with van der Waals surface area (Å²) >= 11 is 0. The maximum Gasteiger partial charge on any atom is 0.419 e. The third-order valence-electron chi connectivity index (χ3n) is 6.65. The van der Waals surface area contributed by atoms with Crippen LogP contribution >= 0.6 is 0 Å². The molecule has 3 aliphatic heterocycles. The molecule has 2 aromatic heterocycles. The van der Waals surface area contributed by atoms with E-state index in [4.69, 9.17) is 26.8 Å². The van der Waals surface area contributed by atoms with Crippen LogP contribution in [0.5, 0.6) is 17.2 Å². The quantitative estimate of drug-likeness (QED) is 0.427. The Labute approximate surface area is 181 Å². The Morgan fingerprint density at radius 1 is 1.13 bits per heavy atom. The first-order chi connectivity index (χ1) is 15.1. The summed E-state index contributed by atoms with van der Waals surface area (Å²) < 4.78 is 24.8. The number of rotatable bonds is 7. The first kappa shape index (κ1) is 20.0. The lowest BCUT2D eigenvalue weighted by Crippen LogP contribution is -2.50. The summed E-state index contributed by atoms with van der Waals surface area (Å²) in [4.78, 5) is 15.5. The van der Waals surface area contributed by atoms with Crippen LogP contribution in [0, 0.1) is 5.41 Å². The third-order valence-corrected chi connectivity index (χ3v) is 6.65. The van der Waals surface area contributed by atoms with Gasteiger partial charge in [0.2, 0.25) is 5.75 Å². The molecular weight excluding hydrogens is 397 g/mol. The molecule has 0 atom stereocenters. The Bertz CT molecular complexity index is 1120. The van der Waals surface area contributed by atoms with Crippen molar-refractivity contribution in [3.8, 4) is 17.2 Å². The van der Waals surface area contributed by atoms with E-state index in [9.17, 15) is 4.79 Å². The molecule has 1 aromatic carbocycles. The van der Waals surface area contributed by atoms with Crippen molar-refractivity contribution in [2.24, 2.45) is 5.41 Å². The number of ether oxygens (including phenoxy) is 2. The van der Waals surface area contributed by atoms with Crippen LogP contribution in [0.25, 0.3) is 5.52 Å². The SMILES string of the molecule is [B]Oc1cc2c(=O)n(CC34CCN(CC3)CC4)o[n+]2cc1OCc1ccc(OC)cc1. The van der Waals surface area contributed by atoms with Gasteiger partial charge >= 0.3 is 13.6 Å². The average Bonchev–Trinajstić information content (AvgIpc) is 3.12. The van der Waals surface area contributed by atoms with Gasteiger partial charge in [-0.05, 0) is 65.9 Å². The molecule has 5 heterocycles. The van der Waals surface area contributed by atoms with Gasteiger partial charge in [0, 0.05) is 11.5 Å². The lowest BCUT2D eigenvalue weighted by Gasteiger charge is -2.46. The van der Waals surface area contributed by atoms with E-state index in [1.807, 2.05) is 24.3 Å². The van der Waals surface area contributed by atoms with E-state index >= 15 is 0 Å². The minimum Gasteiger partial charge on any atom is -0.565 e. The number of hydrogen-bond acceptors (Lipinski definition) is 6. The average molecular weight is 422 g/mol. The number of nitrogens with zero attached hydrogens (tertiary/aromatic N) is 3. The lowest BCUT2D eigenvalue weighted by atomic mass is 9.72. The fraction of sp³-hybridized carbons (Fsp3) is 0.455. The van der Waals surface area contributed by atoms with Crippen molar-refractivity contribution in [3.63, 3.8) is 0 Å². The van der Waals surface area contributed by atoms with Crippen molar-refractivity contribution in [2.45, 2.75) is 32.4 Å². The number of fused-ring (bicyclic) bond motifs is 4. The highest BCUT2D eigenvalue weighted by Crippen LogP contribution is 2.41. The molecule has 3 aromatic rings. The van der Waals surface area contributed by atoms with E-state index in [0.29, 0.717) is 24.4 Å². The highest BCUT2D eigenvalue weighted by atomic mass is 16.6. The summed E-state index contributed by atoms with van der Waals surface area (Å²) in [6.45, 7) is 4.17. The van der Waals surface area contributed by atoms with E-state index in [2.05, 4.69) is 4.90 Å². The molecule has 0 amide bonds. The monoisotopic (exact) mass is 422 g/mol. The number of methoxy groups -OCH3 is 1. The molecule has 6 rings (SSSR count). The molecule has 2 radical (unpaired) electrons. The van der Waals surface area contributed by atoms with Gasteiger partial charge in [0.05, 0.1) is 7.11 Å². The van der Waals surface area contributed by atoms with Crippen molar-refractivity contribution in [1.82, 2.24) is 9.64 Å². The van der Waals surface area contributed by atoms with Gasteiger partial charge in [-0.15, -0.1) is 4.63 Å². The number of pyridine rings is 1. The molecule has 3 fully saturated rings. The van der Waals surface area contributed by atoms with Crippen molar-refractivity contribution in [2.75, 3.05) is 26.7 Å². The first-order valence-electron chi connectivity index (χ1n) is 10.5. The summed E-state index contributed by atoms with van der Waals surface area (Å²) in [5, 5.41) is 0. The second-order valence-electron chi connectivity index (χ2n) is 8.48. The number of piperidine rings is 3. The summed E-state index contributed by atoms with van der Waals surface area (Å²) in [5.74, 6) is 1.45. The summed E-state index contributed by atoms with van der Waals surface area (Å²) in [5.41, 5.74) is 1.26. The van der Waals surface area contributed by atoms with E-state index < -0.39 is 0 Å². The summed E-state index contributed by atoms with van der Waals surface area (Å²) in [6, 6.07) is 9.13. The van der Waals surface area contributed by atoms with Crippen molar-refractivity contribution in [3.05, 3.63) is 52.4 Å². The molecule has 0 spiro atoms. The zero-order valence-corrected chi connectivity index (χ0v) is 17.6. The third kappa shape index (κ3) is 3.78. The molecule has 8 nitrogen and oxygen atoms in total. The van der Waals surface area contributed by atoms with Crippen LogP contribution in [-0.4, -0.2) is 44.4 Å². The van der Waals surface area contributed by atoms with Crippen LogP contribution in [0.15, 0.2) is 46.0 Å². The Kier molecular flexibility index (Phi) is 5.13. The minimum absolute atomic E-state index is 0.133. The normalized spacial score (nSPS) is 22.5. The van der Waals surface area contributed by atoms with E-state index in [-0.39, 0.29) is 16.7 Å². The van der Waals surface area contributed by atoms with Gasteiger partial charge in [0.25, 0.3) is 5.52 Å². The van der Waals surface area contributed by atoms with E-state index in [1.54, 1.807) is 19.4 Å². The van der Waals surface area contributed by atoms with Crippen LogP contribution in [-0.2, 0) is 13.2 Å².